The molecule has 2 aromatic carbocycles. The van der Waals surface area contributed by atoms with Crippen molar-refractivity contribution in [2.75, 3.05) is 0 Å². The van der Waals surface area contributed by atoms with Crippen LogP contribution in [-0.2, 0) is 0 Å². The first-order valence-corrected chi connectivity index (χ1v) is 6.58. The molecule has 0 aliphatic rings. The van der Waals surface area contributed by atoms with E-state index >= 15 is 0 Å². The predicted octanol–water partition coefficient (Wildman–Crippen LogP) is 5.38. The molecule has 18 heavy (non-hydrogen) atoms. The molecule has 0 spiro atoms. The van der Waals surface area contributed by atoms with E-state index < -0.39 is 6.10 Å². The van der Waals surface area contributed by atoms with Gasteiger partial charge in [-0.25, -0.2) is 0 Å². The van der Waals surface area contributed by atoms with Crippen LogP contribution >= 0.6 is 46.4 Å². The monoisotopic (exact) mass is 320 g/mol. The second-order valence-corrected chi connectivity index (χ2v) is 5.42. The van der Waals surface area contributed by atoms with Gasteiger partial charge in [-0.15, -0.1) is 0 Å². The number of halogens is 4. The minimum absolute atomic E-state index is 0.390. The summed E-state index contributed by atoms with van der Waals surface area (Å²) in [5.74, 6) is 0. The summed E-state index contributed by atoms with van der Waals surface area (Å²) in [7, 11) is 0. The third kappa shape index (κ3) is 2.93. The van der Waals surface area contributed by atoms with Crippen molar-refractivity contribution in [3.8, 4) is 0 Å². The Balaban J connectivity index is 2.44. The van der Waals surface area contributed by atoms with E-state index in [9.17, 15) is 5.11 Å². The molecule has 0 atom stereocenters. The van der Waals surface area contributed by atoms with E-state index in [1.54, 1.807) is 36.4 Å². The molecule has 5 heteroatoms. The molecule has 0 fully saturated rings. The smallest absolute Gasteiger partial charge is 0.107 e. The molecule has 1 N–H and O–H groups in total. The lowest BCUT2D eigenvalue weighted by molar-refractivity contribution is 0.220. The van der Waals surface area contributed by atoms with Gasteiger partial charge in [-0.2, -0.15) is 0 Å². The van der Waals surface area contributed by atoms with Crippen LogP contribution < -0.4 is 0 Å². The molecule has 0 bridgehead atoms. The fraction of sp³-hybridized carbons (Fsp3) is 0.0769. The number of aliphatic hydroxyl groups is 1. The topological polar surface area (TPSA) is 20.2 Å². The average molecular weight is 322 g/mol. The highest BCUT2D eigenvalue weighted by molar-refractivity contribution is 6.36. The summed E-state index contributed by atoms with van der Waals surface area (Å²) in [6.07, 6.45) is -0.917. The lowest BCUT2D eigenvalue weighted by Crippen LogP contribution is -2.01. The van der Waals surface area contributed by atoms with Crippen molar-refractivity contribution in [3.63, 3.8) is 0 Å². The average Bonchev–Trinajstić information content (AvgIpc) is 2.28. The zero-order valence-corrected chi connectivity index (χ0v) is 12.0. The van der Waals surface area contributed by atoms with Crippen molar-refractivity contribution in [3.05, 3.63) is 67.6 Å². The summed E-state index contributed by atoms with van der Waals surface area (Å²) >= 11 is 23.7. The van der Waals surface area contributed by atoms with Crippen LogP contribution in [0.4, 0.5) is 0 Å². The molecule has 94 valence electrons. The first-order valence-electron chi connectivity index (χ1n) is 5.07. The van der Waals surface area contributed by atoms with Gasteiger partial charge in [0, 0.05) is 31.2 Å². The summed E-state index contributed by atoms with van der Waals surface area (Å²) in [5, 5.41) is 12.1. The normalized spacial score (nSPS) is 11.0. The molecule has 1 nitrogen and oxygen atoms in total. The molecule has 0 aromatic heterocycles. The standard InChI is InChI=1S/C13H8Cl4O/c14-7-1-3-9(11(16)5-7)13(18)10-4-2-8(15)6-12(10)17/h1-6,13,18H. The summed E-state index contributed by atoms with van der Waals surface area (Å²) in [5.41, 5.74) is 1.09. The van der Waals surface area contributed by atoms with E-state index in [1.165, 1.54) is 0 Å². The van der Waals surface area contributed by atoms with Crippen molar-refractivity contribution < 1.29 is 5.11 Å². The molecule has 0 aliphatic carbocycles. The third-order valence-corrected chi connectivity index (χ3v) is 3.64. The predicted molar refractivity (Wildman–Crippen MR) is 77.0 cm³/mol. The van der Waals surface area contributed by atoms with Crippen LogP contribution in [0.3, 0.4) is 0 Å². The molecule has 0 saturated heterocycles. The highest BCUT2D eigenvalue weighted by Gasteiger charge is 2.17. The largest absolute Gasteiger partial charge is 0.384 e. The van der Waals surface area contributed by atoms with E-state index in [-0.39, 0.29) is 0 Å². The summed E-state index contributed by atoms with van der Waals surface area (Å²) in [4.78, 5) is 0. The highest BCUT2D eigenvalue weighted by atomic mass is 35.5. The van der Waals surface area contributed by atoms with Gasteiger partial charge in [0.1, 0.15) is 6.10 Å². The molecule has 0 saturated carbocycles. The van der Waals surface area contributed by atoms with Crippen molar-refractivity contribution in [2.24, 2.45) is 0 Å². The van der Waals surface area contributed by atoms with Crippen LogP contribution in [0, 0.1) is 0 Å². The summed E-state index contributed by atoms with van der Waals surface area (Å²) < 4.78 is 0. The van der Waals surface area contributed by atoms with Gasteiger partial charge in [0.15, 0.2) is 0 Å². The highest BCUT2D eigenvalue weighted by Crippen LogP contribution is 2.34. The zero-order valence-electron chi connectivity index (χ0n) is 9.00. The number of rotatable bonds is 2. The lowest BCUT2D eigenvalue weighted by Gasteiger charge is -2.15. The molecule has 0 amide bonds. The lowest BCUT2D eigenvalue weighted by atomic mass is 10.0. The maximum atomic E-state index is 10.3. The Hall–Kier alpha value is -0.440. The van der Waals surface area contributed by atoms with Gasteiger partial charge in [-0.3, -0.25) is 0 Å². The summed E-state index contributed by atoms with van der Waals surface area (Å²) in [6, 6.07) is 9.81. The second kappa shape index (κ2) is 5.68. The van der Waals surface area contributed by atoms with Gasteiger partial charge in [0.25, 0.3) is 0 Å². The van der Waals surface area contributed by atoms with Crippen LogP contribution in [0.2, 0.25) is 20.1 Å². The van der Waals surface area contributed by atoms with Gasteiger partial charge in [-0.05, 0) is 24.3 Å². The van der Waals surface area contributed by atoms with Crippen molar-refractivity contribution in [2.45, 2.75) is 6.10 Å². The van der Waals surface area contributed by atoms with Crippen LogP contribution in [-0.4, -0.2) is 5.11 Å². The minimum atomic E-state index is -0.917. The van der Waals surface area contributed by atoms with E-state index in [0.717, 1.165) is 0 Å². The van der Waals surface area contributed by atoms with E-state index in [0.29, 0.717) is 31.2 Å². The van der Waals surface area contributed by atoms with Gasteiger partial charge < -0.3 is 5.11 Å². The van der Waals surface area contributed by atoms with Crippen LogP contribution in [0.15, 0.2) is 36.4 Å². The number of benzene rings is 2. The Morgan fingerprint density at radius 3 is 1.44 bits per heavy atom. The van der Waals surface area contributed by atoms with E-state index in [2.05, 4.69) is 0 Å². The Morgan fingerprint density at radius 2 is 1.11 bits per heavy atom. The molecular formula is C13H8Cl4O. The Bertz CT molecular complexity index is 532. The Kier molecular flexibility index (Phi) is 4.41. The Morgan fingerprint density at radius 1 is 0.722 bits per heavy atom. The maximum absolute atomic E-state index is 10.3. The first kappa shape index (κ1) is 14.0. The first-order chi connectivity index (χ1) is 8.49. The minimum Gasteiger partial charge on any atom is -0.384 e. The van der Waals surface area contributed by atoms with Crippen LogP contribution in [0.1, 0.15) is 17.2 Å². The maximum Gasteiger partial charge on any atom is 0.107 e. The van der Waals surface area contributed by atoms with Crippen molar-refractivity contribution >= 4 is 46.4 Å². The molecular weight excluding hydrogens is 314 g/mol. The second-order valence-electron chi connectivity index (χ2n) is 3.73. The van der Waals surface area contributed by atoms with Gasteiger partial charge in [0.05, 0.1) is 0 Å². The van der Waals surface area contributed by atoms with E-state index in [1.807, 2.05) is 0 Å². The van der Waals surface area contributed by atoms with Crippen LogP contribution in [0.5, 0.6) is 0 Å². The van der Waals surface area contributed by atoms with Crippen molar-refractivity contribution in [1.29, 1.82) is 0 Å². The number of hydrogen-bond donors (Lipinski definition) is 1. The fourth-order valence-corrected chi connectivity index (χ4v) is 2.64. The third-order valence-electron chi connectivity index (χ3n) is 2.51. The molecule has 0 unspecified atom stereocenters. The molecule has 0 radical (unpaired) electrons. The Labute approximate surface area is 125 Å². The molecule has 0 aliphatic heterocycles. The van der Waals surface area contributed by atoms with Gasteiger partial charge in [-0.1, -0.05) is 58.5 Å². The molecule has 2 aromatic rings. The van der Waals surface area contributed by atoms with Gasteiger partial charge >= 0.3 is 0 Å². The molecule has 0 heterocycles. The van der Waals surface area contributed by atoms with E-state index in [4.69, 9.17) is 46.4 Å². The van der Waals surface area contributed by atoms with Crippen molar-refractivity contribution in [1.82, 2.24) is 0 Å². The number of aliphatic hydroxyl groups excluding tert-OH is 1. The fourth-order valence-electron chi connectivity index (χ4n) is 1.61. The SMILES string of the molecule is OC(c1ccc(Cl)cc1Cl)c1ccc(Cl)cc1Cl. The number of hydrogen-bond acceptors (Lipinski definition) is 1. The molecule has 2 rings (SSSR count). The summed E-state index contributed by atoms with van der Waals surface area (Å²) in [6.45, 7) is 0. The zero-order chi connectivity index (χ0) is 13.3. The van der Waals surface area contributed by atoms with Gasteiger partial charge in [0.2, 0.25) is 0 Å². The van der Waals surface area contributed by atoms with Crippen LogP contribution in [0.25, 0.3) is 0 Å². The quantitative estimate of drug-likeness (QED) is 0.787.